The summed E-state index contributed by atoms with van der Waals surface area (Å²) in [4.78, 5) is 30.3. The van der Waals surface area contributed by atoms with Gasteiger partial charge in [-0.3, -0.25) is 4.79 Å². The van der Waals surface area contributed by atoms with Crippen LogP contribution in [0.4, 0.5) is 0 Å². The molecule has 4 rings (SSSR count). The Morgan fingerprint density at radius 1 is 1.11 bits per heavy atom. The number of nitrogens with zero attached hydrogens (tertiary/aromatic N) is 1. The van der Waals surface area contributed by atoms with E-state index in [1.165, 1.54) is 6.07 Å². The zero-order chi connectivity index (χ0) is 18.8. The summed E-state index contributed by atoms with van der Waals surface area (Å²) in [5, 5.41) is 9.40. The molecule has 0 atom stereocenters. The second-order valence-corrected chi connectivity index (χ2v) is 5.82. The Bertz CT molecular complexity index is 1190. The van der Waals surface area contributed by atoms with Crippen LogP contribution in [-0.2, 0) is 6.61 Å². The van der Waals surface area contributed by atoms with Crippen molar-refractivity contribution in [2.75, 3.05) is 0 Å². The number of aromatic nitrogens is 2. The molecule has 0 saturated carbocycles. The largest absolute Gasteiger partial charge is 0.486 e. The molecule has 0 amide bonds. The Morgan fingerprint density at radius 2 is 1.96 bits per heavy atom. The van der Waals surface area contributed by atoms with Crippen LogP contribution in [0.2, 0.25) is 0 Å². The SMILES string of the molecule is O=C(O)c1ccc(COc2cccc(-c3nc4ccccc4c(=O)[nH]3)c2)o1. The van der Waals surface area contributed by atoms with Crippen LogP contribution >= 0.6 is 0 Å². The number of rotatable bonds is 5. The van der Waals surface area contributed by atoms with Crippen LogP contribution in [0.5, 0.6) is 5.75 Å². The average molecular weight is 362 g/mol. The highest BCUT2D eigenvalue weighted by molar-refractivity contribution is 5.84. The molecule has 0 saturated heterocycles. The van der Waals surface area contributed by atoms with E-state index in [1.54, 1.807) is 42.5 Å². The Morgan fingerprint density at radius 3 is 2.78 bits per heavy atom. The normalized spacial score (nSPS) is 10.8. The van der Waals surface area contributed by atoms with Gasteiger partial charge in [-0.15, -0.1) is 0 Å². The summed E-state index contributed by atoms with van der Waals surface area (Å²) in [7, 11) is 0. The lowest BCUT2D eigenvalue weighted by molar-refractivity contribution is 0.0658. The van der Waals surface area contributed by atoms with Gasteiger partial charge in [-0.2, -0.15) is 0 Å². The fraction of sp³-hybridized carbons (Fsp3) is 0.0500. The second-order valence-electron chi connectivity index (χ2n) is 5.82. The van der Waals surface area contributed by atoms with Crippen LogP contribution in [0.3, 0.4) is 0 Å². The van der Waals surface area contributed by atoms with Gasteiger partial charge in [0.25, 0.3) is 5.56 Å². The summed E-state index contributed by atoms with van der Waals surface area (Å²) in [6.07, 6.45) is 0. The highest BCUT2D eigenvalue weighted by Crippen LogP contribution is 2.22. The van der Waals surface area contributed by atoms with Gasteiger partial charge >= 0.3 is 5.97 Å². The first-order chi connectivity index (χ1) is 13.1. The molecule has 7 nitrogen and oxygen atoms in total. The second kappa shape index (κ2) is 6.80. The number of hydrogen-bond acceptors (Lipinski definition) is 5. The summed E-state index contributed by atoms with van der Waals surface area (Å²) in [5.41, 5.74) is 1.10. The number of nitrogens with one attached hydrogen (secondary N) is 1. The maximum Gasteiger partial charge on any atom is 0.371 e. The number of para-hydroxylation sites is 1. The van der Waals surface area contributed by atoms with E-state index in [1.807, 2.05) is 12.1 Å². The van der Waals surface area contributed by atoms with Crippen molar-refractivity contribution in [2.45, 2.75) is 6.61 Å². The minimum Gasteiger partial charge on any atom is -0.486 e. The monoisotopic (exact) mass is 362 g/mol. The maximum absolute atomic E-state index is 12.2. The van der Waals surface area contributed by atoms with Crippen LogP contribution in [-0.4, -0.2) is 21.0 Å². The molecule has 2 N–H and O–H groups in total. The van der Waals surface area contributed by atoms with Gasteiger partial charge in [0.05, 0.1) is 10.9 Å². The van der Waals surface area contributed by atoms with Gasteiger partial charge in [-0.1, -0.05) is 24.3 Å². The average Bonchev–Trinajstić information content (AvgIpc) is 3.16. The van der Waals surface area contributed by atoms with E-state index in [4.69, 9.17) is 14.3 Å². The van der Waals surface area contributed by atoms with Crippen molar-refractivity contribution >= 4 is 16.9 Å². The molecule has 2 aromatic heterocycles. The summed E-state index contributed by atoms with van der Waals surface area (Å²) in [6, 6.07) is 17.1. The fourth-order valence-corrected chi connectivity index (χ4v) is 2.68. The quantitative estimate of drug-likeness (QED) is 0.563. The van der Waals surface area contributed by atoms with E-state index in [-0.39, 0.29) is 17.9 Å². The van der Waals surface area contributed by atoms with Crippen LogP contribution in [0.1, 0.15) is 16.3 Å². The lowest BCUT2D eigenvalue weighted by Gasteiger charge is -2.07. The van der Waals surface area contributed by atoms with E-state index in [0.29, 0.717) is 33.8 Å². The van der Waals surface area contributed by atoms with Crippen molar-refractivity contribution in [1.29, 1.82) is 0 Å². The van der Waals surface area contributed by atoms with Gasteiger partial charge in [-0.25, -0.2) is 9.78 Å². The van der Waals surface area contributed by atoms with Crippen LogP contribution in [0, 0.1) is 0 Å². The molecular weight excluding hydrogens is 348 g/mol. The number of aromatic carboxylic acids is 1. The number of carboxylic acids is 1. The van der Waals surface area contributed by atoms with Crippen molar-refractivity contribution in [1.82, 2.24) is 9.97 Å². The molecule has 0 aliphatic rings. The number of benzene rings is 2. The Hall–Kier alpha value is -3.87. The van der Waals surface area contributed by atoms with Crippen molar-refractivity contribution < 1.29 is 19.1 Å². The molecule has 27 heavy (non-hydrogen) atoms. The first kappa shape index (κ1) is 16.6. The van der Waals surface area contributed by atoms with Crippen LogP contribution < -0.4 is 10.3 Å². The molecule has 0 radical (unpaired) electrons. The predicted octanol–water partition coefficient (Wildman–Crippen LogP) is 3.46. The fourth-order valence-electron chi connectivity index (χ4n) is 2.68. The topological polar surface area (TPSA) is 105 Å². The molecule has 134 valence electrons. The molecule has 0 aliphatic carbocycles. The van der Waals surface area contributed by atoms with Crippen molar-refractivity contribution in [3.05, 3.63) is 82.5 Å². The molecule has 0 bridgehead atoms. The summed E-state index contributed by atoms with van der Waals surface area (Å²) < 4.78 is 10.8. The minimum atomic E-state index is -1.13. The number of carboxylic acid groups (broad SMARTS) is 1. The number of hydrogen-bond donors (Lipinski definition) is 2. The number of H-pyrrole nitrogens is 1. The van der Waals surface area contributed by atoms with Gasteiger partial charge in [0.1, 0.15) is 23.9 Å². The Labute approximate surface area is 152 Å². The molecule has 2 heterocycles. The number of furan rings is 1. The number of fused-ring (bicyclic) bond motifs is 1. The maximum atomic E-state index is 12.2. The summed E-state index contributed by atoms with van der Waals surface area (Å²) in [5.74, 6) is 0.108. The van der Waals surface area contributed by atoms with Crippen molar-refractivity contribution in [2.24, 2.45) is 0 Å². The lowest BCUT2D eigenvalue weighted by atomic mass is 10.2. The van der Waals surface area contributed by atoms with E-state index < -0.39 is 5.97 Å². The van der Waals surface area contributed by atoms with Gasteiger partial charge in [0.2, 0.25) is 5.76 Å². The molecule has 0 fully saturated rings. The van der Waals surface area contributed by atoms with Gasteiger partial charge in [-0.05, 0) is 36.4 Å². The molecule has 4 aromatic rings. The Kier molecular flexibility index (Phi) is 4.18. The highest BCUT2D eigenvalue weighted by Gasteiger charge is 2.10. The molecular formula is C20H14N2O5. The third-order valence-corrected chi connectivity index (χ3v) is 3.97. The van der Waals surface area contributed by atoms with Crippen LogP contribution in [0.25, 0.3) is 22.3 Å². The van der Waals surface area contributed by atoms with Crippen molar-refractivity contribution in [3.63, 3.8) is 0 Å². The number of carbonyl (C=O) groups is 1. The number of ether oxygens (including phenoxy) is 1. The predicted molar refractivity (Wildman–Crippen MR) is 97.8 cm³/mol. The standard InChI is InChI=1S/C20H14N2O5/c23-19-15-6-1-2-7-16(15)21-18(22-19)12-4-3-5-13(10-12)26-11-14-8-9-17(27-14)20(24)25/h1-10H,11H2,(H,24,25)(H,21,22,23). The van der Waals surface area contributed by atoms with E-state index in [2.05, 4.69) is 9.97 Å². The van der Waals surface area contributed by atoms with E-state index >= 15 is 0 Å². The lowest BCUT2D eigenvalue weighted by Crippen LogP contribution is -2.09. The van der Waals surface area contributed by atoms with Crippen molar-refractivity contribution in [3.8, 4) is 17.1 Å². The summed E-state index contributed by atoms with van der Waals surface area (Å²) in [6.45, 7) is 0.0817. The first-order valence-corrected chi connectivity index (χ1v) is 8.14. The molecule has 2 aromatic carbocycles. The number of aromatic amines is 1. The molecule has 0 aliphatic heterocycles. The first-order valence-electron chi connectivity index (χ1n) is 8.14. The molecule has 7 heteroatoms. The zero-order valence-electron chi connectivity index (χ0n) is 14.0. The Balaban J connectivity index is 1.59. The highest BCUT2D eigenvalue weighted by atomic mass is 16.5. The van der Waals surface area contributed by atoms with E-state index in [0.717, 1.165) is 0 Å². The molecule has 0 spiro atoms. The zero-order valence-corrected chi connectivity index (χ0v) is 14.0. The molecule has 0 unspecified atom stereocenters. The third-order valence-electron chi connectivity index (χ3n) is 3.97. The smallest absolute Gasteiger partial charge is 0.371 e. The van der Waals surface area contributed by atoms with Gasteiger partial charge in [0, 0.05) is 5.56 Å². The van der Waals surface area contributed by atoms with E-state index in [9.17, 15) is 9.59 Å². The summed E-state index contributed by atoms with van der Waals surface area (Å²) >= 11 is 0. The van der Waals surface area contributed by atoms with Crippen LogP contribution in [0.15, 0.2) is 69.9 Å². The van der Waals surface area contributed by atoms with Gasteiger partial charge < -0.3 is 19.2 Å². The minimum absolute atomic E-state index is 0.0817. The van der Waals surface area contributed by atoms with Gasteiger partial charge in [0.15, 0.2) is 0 Å². The third kappa shape index (κ3) is 3.43.